The van der Waals surface area contributed by atoms with Crippen molar-refractivity contribution in [2.24, 2.45) is 0 Å². The molecule has 0 aliphatic carbocycles. The van der Waals surface area contributed by atoms with Crippen LogP contribution in [-0.4, -0.2) is 16.6 Å². The summed E-state index contributed by atoms with van der Waals surface area (Å²) in [5, 5.41) is 1.83. The molecule has 0 unspecified atom stereocenters. The summed E-state index contributed by atoms with van der Waals surface area (Å²) in [5.41, 5.74) is 1.46. The summed E-state index contributed by atoms with van der Waals surface area (Å²) in [6.45, 7) is 0. The number of amides is 3. The SMILES string of the molecule is O=C(NC(=O)c1c(F)cccc1F)Nn1cccc1. The topological polar surface area (TPSA) is 63.1 Å². The van der Waals surface area contributed by atoms with Crippen molar-refractivity contribution in [2.45, 2.75) is 0 Å². The van der Waals surface area contributed by atoms with E-state index in [0.29, 0.717) is 0 Å². The van der Waals surface area contributed by atoms with Crippen molar-refractivity contribution in [3.8, 4) is 0 Å². The minimum absolute atomic E-state index is 0.801. The molecule has 2 rings (SSSR count). The maximum absolute atomic E-state index is 13.3. The van der Waals surface area contributed by atoms with Gasteiger partial charge >= 0.3 is 6.03 Å². The lowest BCUT2D eigenvalue weighted by atomic mass is 10.2. The fraction of sp³-hybridized carbons (Fsp3) is 0. The maximum Gasteiger partial charge on any atom is 0.340 e. The molecule has 5 nitrogen and oxygen atoms in total. The molecule has 3 amide bonds. The van der Waals surface area contributed by atoms with Crippen LogP contribution in [0.4, 0.5) is 13.6 Å². The first-order chi connectivity index (χ1) is 9.08. The molecule has 0 saturated carbocycles. The molecule has 2 aromatic rings. The van der Waals surface area contributed by atoms with E-state index in [4.69, 9.17) is 0 Å². The number of rotatable bonds is 2. The molecule has 98 valence electrons. The average molecular weight is 265 g/mol. The molecule has 19 heavy (non-hydrogen) atoms. The molecule has 0 fully saturated rings. The number of carbonyl (C=O) groups is 2. The van der Waals surface area contributed by atoms with Crippen LogP contribution in [0.5, 0.6) is 0 Å². The molecule has 1 aromatic heterocycles. The van der Waals surface area contributed by atoms with Crippen molar-refractivity contribution in [1.29, 1.82) is 0 Å². The zero-order valence-corrected chi connectivity index (χ0v) is 9.56. The van der Waals surface area contributed by atoms with E-state index in [1.165, 1.54) is 17.1 Å². The Morgan fingerprint density at radius 1 is 1.00 bits per heavy atom. The van der Waals surface area contributed by atoms with Crippen LogP contribution >= 0.6 is 0 Å². The summed E-state index contributed by atoms with van der Waals surface area (Å²) >= 11 is 0. The van der Waals surface area contributed by atoms with Gasteiger partial charge in [0.25, 0.3) is 5.91 Å². The number of carbonyl (C=O) groups excluding carboxylic acids is 2. The second kappa shape index (κ2) is 5.30. The highest BCUT2D eigenvalue weighted by Gasteiger charge is 2.18. The Morgan fingerprint density at radius 3 is 2.16 bits per heavy atom. The molecular formula is C12H9F2N3O2. The Kier molecular flexibility index (Phi) is 3.56. The van der Waals surface area contributed by atoms with Crippen LogP contribution < -0.4 is 10.7 Å². The second-order valence-electron chi connectivity index (χ2n) is 3.58. The number of benzene rings is 1. The van der Waals surface area contributed by atoms with E-state index < -0.39 is 29.1 Å². The normalized spacial score (nSPS) is 10.0. The van der Waals surface area contributed by atoms with Crippen molar-refractivity contribution >= 4 is 11.9 Å². The van der Waals surface area contributed by atoms with Crippen molar-refractivity contribution in [3.63, 3.8) is 0 Å². The molecule has 0 saturated heterocycles. The molecule has 0 aliphatic rings. The monoisotopic (exact) mass is 265 g/mol. The largest absolute Gasteiger partial charge is 0.340 e. The third kappa shape index (κ3) is 2.95. The molecular weight excluding hydrogens is 256 g/mol. The van der Waals surface area contributed by atoms with Gasteiger partial charge in [0.2, 0.25) is 0 Å². The van der Waals surface area contributed by atoms with E-state index in [1.807, 2.05) is 5.32 Å². The Hall–Kier alpha value is -2.70. The van der Waals surface area contributed by atoms with Gasteiger partial charge in [-0.15, -0.1) is 0 Å². The van der Waals surface area contributed by atoms with Crippen LogP contribution in [0, 0.1) is 11.6 Å². The second-order valence-corrected chi connectivity index (χ2v) is 3.58. The smallest absolute Gasteiger partial charge is 0.272 e. The van der Waals surface area contributed by atoms with Gasteiger partial charge in [0.1, 0.15) is 17.2 Å². The van der Waals surface area contributed by atoms with Gasteiger partial charge < -0.3 is 0 Å². The molecule has 0 aliphatic heterocycles. The first-order valence-corrected chi connectivity index (χ1v) is 5.27. The van der Waals surface area contributed by atoms with Gasteiger partial charge in [-0.2, -0.15) is 0 Å². The minimum Gasteiger partial charge on any atom is -0.272 e. The fourth-order valence-corrected chi connectivity index (χ4v) is 1.43. The standard InChI is InChI=1S/C12H9F2N3O2/c13-8-4-3-5-9(14)10(8)11(18)15-12(19)16-17-6-1-2-7-17/h1-7H,(H2,15,16,18,19). The Balaban J connectivity index is 2.07. The lowest BCUT2D eigenvalue weighted by molar-refractivity contribution is 0.0958. The number of aromatic nitrogens is 1. The van der Waals surface area contributed by atoms with Crippen LogP contribution in [0.1, 0.15) is 10.4 Å². The first kappa shape index (κ1) is 12.7. The Morgan fingerprint density at radius 2 is 1.58 bits per heavy atom. The third-order valence-corrected chi connectivity index (χ3v) is 2.25. The van der Waals surface area contributed by atoms with E-state index in [9.17, 15) is 18.4 Å². The van der Waals surface area contributed by atoms with E-state index in [0.717, 1.165) is 18.2 Å². The predicted octanol–water partition coefficient (Wildman–Crippen LogP) is 1.86. The van der Waals surface area contributed by atoms with Crippen LogP contribution in [0.2, 0.25) is 0 Å². The van der Waals surface area contributed by atoms with Crippen molar-refractivity contribution in [1.82, 2.24) is 9.99 Å². The fourth-order valence-electron chi connectivity index (χ4n) is 1.43. The minimum atomic E-state index is -1.15. The average Bonchev–Trinajstić information content (AvgIpc) is 2.81. The molecule has 0 atom stereocenters. The zero-order valence-electron chi connectivity index (χ0n) is 9.56. The summed E-state index contributed by atoms with van der Waals surface area (Å²) in [6.07, 6.45) is 3.04. The number of imide groups is 1. The molecule has 0 spiro atoms. The van der Waals surface area contributed by atoms with E-state index in [2.05, 4.69) is 5.43 Å². The highest BCUT2D eigenvalue weighted by Crippen LogP contribution is 2.11. The van der Waals surface area contributed by atoms with Crippen LogP contribution in [0.3, 0.4) is 0 Å². The van der Waals surface area contributed by atoms with Gasteiger partial charge in [0.15, 0.2) is 0 Å². The molecule has 7 heteroatoms. The lowest BCUT2D eigenvalue weighted by Gasteiger charge is -2.08. The number of nitrogens with zero attached hydrogens (tertiary/aromatic N) is 1. The summed E-state index contributed by atoms with van der Waals surface area (Å²) < 4.78 is 27.9. The first-order valence-electron chi connectivity index (χ1n) is 5.27. The Labute approximate surface area is 106 Å². The van der Waals surface area contributed by atoms with E-state index in [1.54, 1.807) is 12.1 Å². The summed E-state index contributed by atoms with van der Waals surface area (Å²) in [4.78, 5) is 23.0. The van der Waals surface area contributed by atoms with Gasteiger partial charge in [0.05, 0.1) is 0 Å². The maximum atomic E-state index is 13.3. The van der Waals surface area contributed by atoms with Crippen LogP contribution in [0.15, 0.2) is 42.7 Å². The number of hydrogen-bond donors (Lipinski definition) is 2. The molecule has 2 N–H and O–H groups in total. The lowest BCUT2D eigenvalue weighted by Crippen LogP contribution is -2.38. The summed E-state index contributed by atoms with van der Waals surface area (Å²) in [7, 11) is 0. The highest BCUT2D eigenvalue weighted by molar-refractivity contribution is 6.06. The summed E-state index contributed by atoms with van der Waals surface area (Å²) in [6, 6.07) is 5.39. The highest BCUT2D eigenvalue weighted by atomic mass is 19.1. The van der Waals surface area contributed by atoms with E-state index in [-0.39, 0.29) is 0 Å². The van der Waals surface area contributed by atoms with Gasteiger partial charge in [0, 0.05) is 12.4 Å². The van der Waals surface area contributed by atoms with Gasteiger partial charge in [-0.1, -0.05) is 6.07 Å². The van der Waals surface area contributed by atoms with E-state index >= 15 is 0 Å². The number of urea groups is 1. The van der Waals surface area contributed by atoms with Gasteiger partial charge in [-0.05, 0) is 24.3 Å². The van der Waals surface area contributed by atoms with Gasteiger partial charge in [-0.3, -0.25) is 14.8 Å². The van der Waals surface area contributed by atoms with Gasteiger partial charge in [-0.25, -0.2) is 19.0 Å². The summed E-state index contributed by atoms with van der Waals surface area (Å²) in [5.74, 6) is -3.22. The number of halogens is 2. The van der Waals surface area contributed by atoms with Crippen LogP contribution in [0.25, 0.3) is 0 Å². The van der Waals surface area contributed by atoms with Crippen molar-refractivity contribution < 1.29 is 18.4 Å². The molecule has 0 bridgehead atoms. The van der Waals surface area contributed by atoms with Crippen molar-refractivity contribution in [3.05, 3.63) is 59.9 Å². The molecule has 0 radical (unpaired) electrons. The third-order valence-electron chi connectivity index (χ3n) is 2.25. The van der Waals surface area contributed by atoms with Crippen molar-refractivity contribution in [2.75, 3.05) is 5.43 Å². The van der Waals surface area contributed by atoms with Crippen LogP contribution in [-0.2, 0) is 0 Å². The number of hydrogen-bond acceptors (Lipinski definition) is 2. The number of nitrogens with one attached hydrogen (secondary N) is 2. The Bertz CT molecular complexity index is 591. The molecule has 1 heterocycles. The quantitative estimate of drug-likeness (QED) is 0.870. The molecule has 1 aromatic carbocycles. The zero-order chi connectivity index (χ0) is 13.8. The predicted molar refractivity (Wildman–Crippen MR) is 63.0 cm³/mol.